The number of carboxylic acid groups (broad SMARTS) is 1. The third kappa shape index (κ3) is 3.39. The number of carbonyl (C=O) groups is 1. The number of thiazole rings is 1. The number of nitrogens with one attached hydrogen (secondary N) is 1. The van der Waals surface area contributed by atoms with E-state index in [1.165, 1.54) is 23.5 Å². The normalized spacial score (nSPS) is 13.7. The van der Waals surface area contributed by atoms with Gasteiger partial charge in [0, 0.05) is 0 Å². The average Bonchev–Trinajstić information content (AvgIpc) is 2.74. The fourth-order valence-corrected chi connectivity index (χ4v) is 4.20. The van der Waals surface area contributed by atoms with E-state index in [1.54, 1.807) is 19.9 Å². The van der Waals surface area contributed by atoms with Crippen molar-refractivity contribution in [2.45, 2.75) is 31.7 Å². The number of fused-ring (bicyclic) bond motifs is 1. The van der Waals surface area contributed by atoms with Crippen LogP contribution in [0.15, 0.2) is 23.1 Å². The quantitative estimate of drug-likeness (QED) is 0.875. The van der Waals surface area contributed by atoms with Crippen molar-refractivity contribution >= 4 is 37.5 Å². The van der Waals surface area contributed by atoms with E-state index in [0.29, 0.717) is 0 Å². The molecule has 1 atom stereocenters. The Morgan fingerprint density at radius 1 is 1.38 bits per heavy atom. The first kappa shape index (κ1) is 15.9. The van der Waals surface area contributed by atoms with Gasteiger partial charge in [-0.25, -0.2) is 13.4 Å². The van der Waals surface area contributed by atoms with Gasteiger partial charge in [0.1, 0.15) is 6.04 Å². The Balaban J connectivity index is 2.38. The lowest BCUT2D eigenvalue weighted by atomic mass is 10.1. The molecule has 1 aromatic heterocycles. The largest absolute Gasteiger partial charge is 0.480 e. The molecule has 0 unspecified atom stereocenters. The van der Waals surface area contributed by atoms with Crippen molar-refractivity contribution < 1.29 is 18.3 Å². The molecule has 0 saturated carbocycles. The van der Waals surface area contributed by atoms with Crippen LogP contribution in [0.2, 0.25) is 0 Å². The predicted octanol–water partition coefficient (Wildman–Crippen LogP) is 1.99. The third-order valence-electron chi connectivity index (χ3n) is 2.99. The van der Waals surface area contributed by atoms with Gasteiger partial charge in [-0.15, -0.1) is 11.3 Å². The summed E-state index contributed by atoms with van der Waals surface area (Å²) < 4.78 is 27.6. The summed E-state index contributed by atoms with van der Waals surface area (Å²) in [5.74, 6) is -1.55. The molecule has 0 bridgehead atoms. The smallest absolute Gasteiger partial charge is 0.322 e. The Bertz CT molecular complexity index is 781. The van der Waals surface area contributed by atoms with Gasteiger partial charge in [0.2, 0.25) is 10.0 Å². The van der Waals surface area contributed by atoms with Crippen LogP contribution in [-0.4, -0.2) is 30.5 Å². The molecule has 0 aliphatic heterocycles. The van der Waals surface area contributed by atoms with Gasteiger partial charge in [-0.2, -0.15) is 4.72 Å². The SMILES string of the molecule is Cc1nc2ccc(S(=O)(=O)N[C@H](C(=O)O)C(C)C)cc2s1. The molecule has 1 aromatic carbocycles. The molecule has 2 rings (SSSR count). The summed E-state index contributed by atoms with van der Waals surface area (Å²) >= 11 is 1.39. The van der Waals surface area contributed by atoms with Crippen LogP contribution in [0.5, 0.6) is 0 Å². The molecule has 0 spiro atoms. The minimum atomic E-state index is -3.88. The highest BCUT2D eigenvalue weighted by Gasteiger charge is 2.28. The Morgan fingerprint density at radius 3 is 2.62 bits per heavy atom. The van der Waals surface area contributed by atoms with Crippen LogP contribution >= 0.6 is 11.3 Å². The zero-order chi connectivity index (χ0) is 15.8. The van der Waals surface area contributed by atoms with E-state index < -0.39 is 22.0 Å². The van der Waals surface area contributed by atoms with Crippen LogP contribution in [0, 0.1) is 12.8 Å². The van der Waals surface area contributed by atoms with E-state index in [2.05, 4.69) is 9.71 Å². The molecule has 21 heavy (non-hydrogen) atoms. The highest BCUT2D eigenvalue weighted by molar-refractivity contribution is 7.89. The molecule has 1 heterocycles. The molecule has 8 heteroatoms. The molecule has 2 aromatic rings. The fraction of sp³-hybridized carbons (Fsp3) is 0.385. The lowest BCUT2D eigenvalue weighted by Crippen LogP contribution is -2.44. The topological polar surface area (TPSA) is 96.4 Å². The summed E-state index contributed by atoms with van der Waals surface area (Å²) in [5, 5.41) is 9.94. The second kappa shape index (κ2) is 5.70. The van der Waals surface area contributed by atoms with Crippen LogP contribution in [0.1, 0.15) is 18.9 Å². The Morgan fingerprint density at radius 2 is 2.05 bits per heavy atom. The van der Waals surface area contributed by atoms with Crippen LogP contribution < -0.4 is 4.72 Å². The number of nitrogens with zero attached hydrogens (tertiary/aromatic N) is 1. The van der Waals surface area contributed by atoms with E-state index in [9.17, 15) is 13.2 Å². The molecule has 6 nitrogen and oxygen atoms in total. The highest BCUT2D eigenvalue weighted by Crippen LogP contribution is 2.24. The van der Waals surface area contributed by atoms with E-state index in [-0.39, 0.29) is 10.8 Å². The zero-order valence-corrected chi connectivity index (χ0v) is 13.5. The molecular formula is C13H16N2O4S2. The lowest BCUT2D eigenvalue weighted by Gasteiger charge is -2.17. The van der Waals surface area contributed by atoms with Gasteiger partial charge in [-0.1, -0.05) is 13.8 Å². The van der Waals surface area contributed by atoms with Gasteiger partial charge in [-0.05, 0) is 31.0 Å². The molecule has 0 aliphatic carbocycles. The van der Waals surface area contributed by atoms with Gasteiger partial charge in [0.25, 0.3) is 0 Å². The predicted molar refractivity (Wildman–Crippen MR) is 80.9 cm³/mol. The number of aliphatic carboxylic acids is 1. The summed E-state index contributed by atoms with van der Waals surface area (Å²) in [5.41, 5.74) is 0.732. The van der Waals surface area contributed by atoms with Crippen molar-refractivity contribution in [3.05, 3.63) is 23.2 Å². The molecule has 0 amide bonds. The maximum absolute atomic E-state index is 12.3. The molecule has 0 saturated heterocycles. The minimum absolute atomic E-state index is 0.0468. The van der Waals surface area contributed by atoms with Gasteiger partial charge >= 0.3 is 5.97 Å². The monoisotopic (exact) mass is 328 g/mol. The second-order valence-corrected chi connectivity index (χ2v) is 7.99. The molecular weight excluding hydrogens is 312 g/mol. The minimum Gasteiger partial charge on any atom is -0.480 e. The van der Waals surface area contributed by atoms with E-state index >= 15 is 0 Å². The molecule has 2 N–H and O–H groups in total. The van der Waals surface area contributed by atoms with Crippen molar-refractivity contribution in [1.29, 1.82) is 0 Å². The van der Waals surface area contributed by atoms with Crippen molar-refractivity contribution in [1.82, 2.24) is 9.71 Å². The lowest BCUT2D eigenvalue weighted by molar-refractivity contribution is -0.140. The van der Waals surface area contributed by atoms with Gasteiger partial charge in [0.15, 0.2) is 0 Å². The summed E-state index contributed by atoms with van der Waals surface area (Å²) in [6.07, 6.45) is 0. The Hall–Kier alpha value is -1.51. The number of sulfonamides is 1. The number of aryl methyl sites for hydroxylation is 1. The molecule has 0 aliphatic rings. The van der Waals surface area contributed by atoms with Crippen molar-refractivity contribution in [2.75, 3.05) is 0 Å². The van der Waals surface area contributed by atoms with E-state index in [4.69, 9.17) is 5.11 Å². The van der Waals surface area contributed by atoms with E-state index in [0.717, 1.165) is 15.2 Å². The van der Waals surface area contributed by atoms with Crippen LogP contribution in [0.25, 0.3) is 10.2 Å². The summed E-state index contributed by atoms with van der Waals surface area (Å²) in [4.78, 5) is 15.4. The number of hydrogen-bond acceptors (Lipinski definition) is 5. The van der Waals surface area contributed by atoms with E-state index in [1.807, 2.05) is 6.92 Å². The standard InChI is InChI=1S/C13H16N2O4S2/c1-7(2)12(13(16)17)15-21(18,19)9-4-5-10-11(6-9)20-8(3)14-10/h4-7,12,15H,1-3H3,(H,16,17)/t12-/m0/s1. The summed E-state index contributed by atoms with van der Waals surface area (Å²) in [6, 6.07) is 3.41. The number of hydrogen-bond donors (Lipinski definition) is 2. The number of carboxylic acids is 1. The molecule has 0 radical (unpaired) electrons. The van der Waals surface area contributed by atoms with Crippen LogP contribution in [-0.2, 0) is 14.8 Å². The van der Waals surface area contributed by atoms with Crippen LogP contribution in [0.3, 0.4) is 0 Å². The fourth-order valence-electron chi connectivity index (χ4n) is 1.89. The Labute approximate surface area is 126 Å². The maximum atomic E-state index is 12.3. The van der Waals surface area contributed by atoms with Gasteiger partial charge in [-0.3, -0.25) is 4.79 Å². The number of rotatable bonds is 5. The third-order valence-corrected chi connectivity index (χ3v) is 5.36. The maximum Gasteiger partial charge on any atom is 0.322 e. The average molecular weight is 328 g/mol. The van der Waals surface area contributed by atoms with Crippen molar-refractivity contribution in [3.8, 4) is 0 Å². The first-order valence-electron chi connectivity index (χ1n) is 6.33. The molecule has 114 valence electrons. The summed E-state index contributed by atoms with van der Waals surface area (Å²) in [7, 11) is -3.88. The van der Waals surface area contributed by atoms with Crippen molar-refractivity contribution in [2.24, 2.45) is 5.92 Å². The van der Waals surface area contributed by atoms with Crippen LogP contribution in [0.4, 0.5) is 0 Å². The highest BCUT2D eigenvalue weighted by atomic mass is 32.2. The van der Waals surface area contributed by atoms with Gasteiger partial charge < -0.3 is 5.11 Å². The first-order chi connectivity index (χ1) is 9.70. The number of benzene rings is 1. The molecule has 0 fully saturated rings. The van der Waals surface area contributed by atoms with Gasteiger partial charge in [0.05, 0.1) is 20.1 Å². The van der Waals surface area contributed by atoms with Crippen molar-refractivity contribution in [3.63, 3.8) is 0 Å². The Kier molecular flexibility index (Phi) is 4.31. The first-order valence-corrected chi connectivity index (χ1v) is 8.63. The number of aromatic nitrogens is 1. The second-order valence-electron chi connectivity index (χ2n) is 5.04. The zero-order valence-electron chi connectivity index (χ0n) is 11.8. The summed E-state index contributed by atoms with van der Waals surface area (Å²) in [6.45, 7) is 5.14.